The molecule has 2 aromatic heterocycles. The summed E-state index contributed by atoms with van der Waals surface area (Å²) in [5.41, 5.74) is 3.36. The highest BCUT2D eigenvalue weighted by molar-refractivity contribution is 6.30. The number of pyridine rings is 1. The number of benzene rings is 1. The van der Waals surface area contributed by atoms with Gasteiger partial charge in [-0.2, -0.15) is 0 Å². The van der Waals surface area contributed by atoms with Gasteiger partial charge in [-0.05, 0) is 56.7 Å². The van der Waals surface area contributed by atoms with Crippen molar-refractivity contribution in [1.82, 2.24) is 19.4 Å². The van der Waals surface area contributed by atoms with E-state index in [0.717, 1.165) is 22.6 Å². The second-order valence-corrected chi connectivity index (χ2v) is 8.26. The summed E-state index contributed by atoms with van der Waals surface area (Å²) in [5, 5.41) is 0.562. The van der Waals surface area contributed by atoms with Crippen LogP contribution in [0.3, 0.4) is 0 Å². The zero-order valence-corrected chi connectivity index (χ0v) is 19.2. The zero-order valence-electron chi connectivity index (χ0n) is 18.4. The van der Waals surface area contributed by atoms with Crippen molar-refractivity contribution in [1.29, 1.82) is 0 Å². The highest BCUT2D eigenvalue weighted by Gasteiger charge is 2.33. The number of aromatic nitrogens is 3. The number of carbonyl (C=O) groups is 1. The van der Waals surface area contributed by atoms with E-state index >= 15 is 0 Å². The molecule has 1 aliphatic heterocycles. The Morgan fingerprint density at radius 3 is 2.75 bits per heavy atom. The van der Waals surface area contributed by atoms with Crippen LogP contribution in [0.4, 0.5) is 0 Å². The monoisotopic (exact) mass is 452 g/mol. The minimum atomic E-state index is -0.212. The topological polar surface area (TPSA) is 69.5 Å². The first-order chi connectivity index (χ1) is 15.4. The third-order valence-electron chi connectivity index (χ3n) is 5.39. The summed E-state index contributed by atoms with van der Waals surface area (Å²) in [6.07, 6.45) is 6.86. The van der Waals surface area contributed by atoms with Crippen LogP contribution < -0.4 is 4.74 Å². The molecule has 1 aromatic carbocycles. The number of ether oxygens (including phenoxy) is 2. The second-order valence-electron chi connectivity index (χ2n) is 7.83. The molecule has 4 rings (SSSR count). The van der Waals surface area contributed by atoms with Gasteiger partial charge in [0.05, 0.1) is 48.1 Å². The fraction of sp³-hybridized carbons (Fsp3) is 0.292. The van der Waals surface area contributed by atoms with Gasteiger partial charge in [-0.15, -0.1) is 0 Å². The number of imidazole rings is 1. The van der Waals surface area contributed by atoms with Gasteiger partial charge in [-0.3, -0.25) is 9.78 Å². The summed E-state index contributed by atoms with van der Waals surface area (Å²) >= 11 is 5.96. The van der Waals surface area contributed by atoms with Crippen LogP contribution in [0.2, 0.25) is 5.02 Å². The molecule has 0 radical (unpaired) electrons. The lowest BCUT2D eigenvalue weighted by Crippen LogP contribution is -2.45. The molecular weight excluding hydrogens is 428 g/mol. The van der Waals surface area contributed by atoms with Gasteiger partial charge in [0.15, 0.2) is 5.76 Å². The van der Waals surface area contributed by atoms with Gasteiger partial charge in [0.25, 0.3) is 5.91 Å². The van der Waals surface area contributed by atoms with Crippen LogP contribution in [0, 0.1) is 6.92 Å². The predicted molar refractivity (Wildman–Crippen MR) is 123 cm³/mol. The molecule has 0 bridgehead atoms. The van der Waals surface area contributed by atoms with Crippen LogP contribution >= 0.6 is 11.6 Å². The lowest BCUT2D eigenvalue weighted by molar-refractivity contribution is -0.141. The van der Waals surface area contributed by atoms with Crippen LogP contribution in [0.25, 0.3) is 11.8 Å². The highest BCUT2D eigenvalue weighted by Crippen LogP contribution is 2.29. The Bertz CT molecular complexity index is 1160. The van der Waals surface area contributed by atoms with Crippen molar-refractivity contribution in [3.63, 3.8) is 0 Å². The van der Waals surface area contributed by atoms with Gasteiger partial charge in [-0.25, -0.2) is 4.98 Å². The fourth-order valence-electron chi connectivity index (χ4n) is 3.73. The summed E-state index contributed by atoms with van der Waals surface area (Å²) in [6.45, 7) is 6.31. The van der Waals surface area contributed by atoms with E-state index in [9.17, 15) is 4.79 Å². The molecule has 1 amide bonds. The minimum absolute atomic E-state index is 0.149. The molecule has 0 spiro atoms. The number of methoxy groups -OCH3 is 1. The number of amides is 1. The number of nitrogens with zero attached hydrogens (tertiary/aromatic N) is 4. The minimum Gasteiger partial charge on any atom is -0.495 e. The van der Waals surface area contributed by atoms with Crippen molar-refractivity contribution in [2.24, 2.45) is 0 Å². The van der Waals surface area contributed by atoms with E-state index < -0.39 is 0 Å². The van der Waals surface area contributed by atoms with E-state index in [0.29, 0.717) is 17.3 Å². The Hall–Kier alpha value is -3.32. The first-order valence-corrected chi connectivity index (χ1v) is 10.7. The largest absolute Gasteiger partial charge is 0.495 e. The Kier molecular flexibility index (Phi) is 6.19. The molecular formula is C24H25ClN4O3. The third-order valence-corrected chi connectivity index (χ3v) is 5.61. The third kappa shape index (κ3) is 4.48. The van der Waals surface area contributed by atoms with E-state index in [1.54, 1.807) is 36.7 Å². The molecule has 32 heavy (non-hydrogen) atoms. The molecule has 166 valence electrons. The van der Waals surface area contributed by atoms with Crippen LogP contribution in [-0.4, -0.2) is 45.1 Å². The van der Waals surface area contributed by atoms with Crippen molar-refractivity contribution in [2.75, 3.05) is 13.7 Å². The molecule has 7 nitrogen and oxygen atoms in total. The molecule has 0 N–H and O–H groups in total. The second kappa shape index (κ2) is 9.04. The van der Waals surface area contributed by atoms with Crippen LogP contribution in [0.5, 0.6) is 5.75 Å². The number of halogens is 1. The number of aryl methyl sites for hydroxylation is 1. The fourth-order valence-corrected chi connectivity index (χ4v) is 3.84. The van der Waals surface area contributed by atoms with Crippen LogP contribution in [-0.2, 0) is 9.53 Å². The summed E-state index contributed by atoms with van der Waals surface area (Å²) < 4.78 is 13.4. The lowest BCUT2D eigenvalue weighted by Gasteiger charge is -2.36. The van der Waals surface area contributed by atoms with Gasteiger partial charge in [0, 0.05) is 12.4 Å². The summed E-state index contributed by atoms with van der Waals surface area (Å²) in [4.78, 5) is 23.7. The average molecular weight is 453 g/mol. The molecule has 1 saturated heterocycles. The SMILES string of the molecule is COc1cc(/C=C2\O[C@@H](C)CN([C@H](C)c3ccc(Cl)cn3)C2=O)ccc1-n1cnc(C)c1. The molecule has 1 fully saturated rings. The first-order valence-electron chi connectivity index (χ1n) is 10.4. The van der Waals surface area contributed by atoms with Gasteiger partial charge in [0.1, 0.15) is 11.9 Å². The van der Waals surface area contributed by atoms with Crippen molar-refractivity contribution in [2.45, 2.75) is 32.9 Å². The summed E-state index contributed by atoms with van der Waals surface area (Å²) in [5.74, 6) is 0.780. The molecule has 1 aliphatic rings. The smallest absolute Gasteiger partial charge is 0.289 e. The number of hydrogen-bond donors (Lipinski definition) is 0. The van der Waals surface area contributed by atoms with Crippen LogP contribution in [0.1, 0.15) is 36.8 Å². The molecule has 0 aliphatic carbocycles. The number of carbonyl (C=O) groups excluding carboxylic acids is 1. The van der Waals surface area contributed by atoms with Gasteiger partial charge < -0.3 is 18.9 Å². The molecule has 0 saturated carbocycles. The average Bonchev–Trinajstić information content (AvgIpc) is 3.22. The van der Waals surface area contributed by atoms with Gasteiger partial charge in [0.2, 0.25) is 0 Å². The number of morpholine rings is 1. The number of rotatable bonds is 5. The lowest BCUT2D eigenvalue weighted by atomic mass is 10.1. The zero-order chi connectivity index (χ0) is 22.8. The van der Waals surface area contributed by atoms with Gasteiger partial charge in [-0.1, -0.05) is 17.7 Å². The summed E-state index contributed by atoms with van der Waals surface area (Å²) in [6, 6.07) is 9.14. The predicted octanol–water partition coefficient (Wildman–Crippen LogP) is 4.59. The Morgan fingerprint density at radius 2 is 2.09 bits per heavy atom. The van der Waals surface area contributed by atoms with Crippen molar-refractivity contribution >= 4 is 23.6 Å². The van der Waals surface area contributed by atoms with Crippen molar-refractivity contribution in [3.05, 3.63) is 76.8 Å². The maximum atomic E-state index is 13.2. The Balaban J connectivity index is 1.62. The molecule has 0 unspecified atom stereocenters. The highest BCUT2D eigenvalue weighted by atomic mass is 35.5. The van der Waals surface area contributed by atoms with Crippen molar-refractivity contribution in [3.8, 4) is 11.4 Å². The van der Waals surface area contributed by atoms with E-state index in [1.165, 1.54) is 0 Å². The van der Waals surface area contributed by atoms with Crippen LogP contribution in [0.15, 0.2) is 54.8 Å². The first kappa shape index (κ1) is 21.9. The van der Waals surface area contributed by atoms with E-state index in [4.69, 9.17) is 21.1 Å². The Morgan fingerprint density at radius 1 is 1.28 bits per heavy atom. The van der Waals surface area contributed by atoms with E-state index in [2.05, 4.69) is 9.97 Å². The van der Waals surface area contributed by atoms with E-state index in [-0.39, 0.29) is 23.8 Å². The molecule has 3 aromatic rings. The molecule has 8 heteroatoms. The maximum absolute atomic E-state index is 13.2. The Labute approximate surface area is 192 Å². The van der Waals surface area contributed by atoms with Crippen molar-refractivity contribution < 1.29 is 14.3 Å². The molecule has 2 atom stereocenters. The normalized spacial score (nSPS) is 18.5. The maximum Gasteiger partial charge on any atom is 0.289 e. The number of hydrogen-bond acceptors (Lipinski definition) is 5. The molecule has 3 heterocycles. The quantitative estimate of drug-likeness (QED) is 0.530. The van der Waals surface area contributed by atoms with E-state index in [1.807, 2.05) is 55.8 Å². The van der Waals surface area contributed by atoms with Gasteiger partial charge >= 0.3 is 0 Å². The summed E-state index contributed by atoms with van der Waals surface area (Å²) in [7, 11) is 1.62. The standard InChI is InChI=1S/C24H25ClN4O3/c1-15-12-28(14-27-15)21-8-5-18(9-22(21)31-4)10-23-24(30)29(13-16(2)32-23)17(3)20-7-6-19(25)11-26-20/h5-12,14,16-17H,13H2,1-4H3/b23-10-/t16-,17+/m0/s1.